The van der Waals surface area contributed by atoms with Crippen LogP contribution in [0.1, 0.15) is 18.9 Å². The molecule has 1 aromatic carbocycles. The number of nitrogens with zero attached hydrogens (tertiary/aromatic N) is 3. The number of ether oxygens (including phenoxy) is 1. The second-order valence-corrected chi connectivity index (χ2v) is 10.3. The second-order valence-electron chi connectivity index (χ2n) is 6.62. The van der Waals surface area contributed by atoms with Gasteiger partial charge >= 0.3 is 43.2 Å². The number of amides is 3. The van der Waals surface area contributed by atoms with E-state index in [1.807, 2.05) is 0 Å². The summed E-state index contributed by atoms with van der Waals surface area (Å²) < 4.78 is 129. The minimum atomic E-state index is -6.34. The smallest absolute Gasteiger partial charge is 0.449 e. The SMILES string of the molecule is CCOC(=O)N(c1ccccc1CN1CCCN(S(=O)(=O)C(F)(F)F)C1=O)S(=O)(=O)C(F)(F)F. The summed E-state index contributed by atoms with van der Waals surface area (Å²) in [6.45, 7) is -1.22. The summed E-state index contributed by atoms with van der Waals surface area (Å²) in [5.74, 6) is 0. The van der Waals surface area contributed by atoms with Crippen LogP contribution >= 0.6 is 0 Å². The highest BCUT2D eigenvalue weighted by Crippen LogP contribution is 2.35. The van der Waals surface area contributed by atoms with Crippen molar-refractivity contribution >= 4 is 37.9 Å². The normalized spacial score (nSPS) is 15.9. The highest BCUT2D eigenvalue weighted by atomic mass is 32.2. The molecule has 0 aromatic heterocycles. The standard InChI is InChI=1S/C16H17F6N3O7S2/c1-2-32-14(27)25(34(30,31)16(20,21)22)12-7-4-3-6-11(12)10-23-8-5-9-24(13(23)26)33(28,29)15(17,18)19/h3-4,6-7H,2,5,8-10H2,1H3. The third kappa shape index (κ3) is 5.16. The van der Waals surface area contributed by atoms with Gasteiger partial charge < -0.3 is 9.64 Å². The number of carbonyl (C=O) groups excluding carboxylic acids is 2. The van der Waals surface area contributed by atoms with E-state index in [2.05, 4.69) is 4.74 Å². The number of sulfonamides is 2. The molecule has 0 N–H and O–H groups in total. The Hall–Kier alpha value is -2.76. The van der Waals surface area contributed by atoms with Crippen LogP contribution in [0.4, 0.5) is 41.6 Å². The van der Waals surface area contributed by atoms with E-state index in [4.69, 9.17) is 0 Å². The van der Waals surface area contributed by atoms with E-state index in [0.29, 0.717) is 4.90 Å². The molecule has 10 nitrogen and oxygen atoms in total. The second kappa shape index (κ2) is 9.47. The zero-order valence-electron chi connectivity index (χ0n) is 17.1. The van der Waals surface area contributed by atoms with Crippen molar-refractivity contribution < 1.29 is 57.5 Å². The fraction of sp³-hybridized carbons (Fsp3) is 0.500. The summed E-state index contributed by atoms with van der Waals surface area (Å²) in [5.41, 5.74) is -13.0. The molecule has 1 aliphatic heterocycles. The minimum absolute atomic E-state index is 0.258. The lowest BCUT2D eigenvalue weighted by atomic mass is 10.1. The zero-order valence-corrected chi connectivity index (χ0v) is 18.8. The molecule has 0 saturated carbocycles. The lowest BCUT2D eigenvalue weighted by Gasteiger charge is -2.35. The van der Waals surface area contributed by atoms with Crippen LogP contribution in [0.15, 0.2) is 24.3 Å². The van der Waals surface area contributed by atoms with Crippen molar-refractivity contribution in [3.63, 3.8) is 0 Å². The van der Waals surface area contributed by atoms with Crippen molar-refractivity contribution in [1.29, 1.82) is 0 Å². The van der Waals surface area contributed by atoms with E-state index in [1.54, 1.807) is 0 Å². The zero-order chi connectivity index (χ0) is 26.1. The van der Waals surface area contributed by atoms with E-state index >= 15 is 0 Å². The molecule has 3 amide bonds. The summed E-state index contributed by atoms with van der Waals surface area (Å²) in [6.07, 6.45) is -2.18. The largest absolute Gasteiger partial charge is 0.517 e. The Bertz CT molecular complexity index is 1150. The Morgan fingerprint density at radius 2 is 1.62 bits per heavy atom. The molecule has 1 aliphatic rings. The predicted molar refractivity (Wildman–Crippen MR) is 103 cm³/mol. The summed E-state index contributed by atoms with van der Waals surface area (Å²) >= 11 is 0. The number of para-hydroxylation sites is 1. The molecule has 2 rings (SSSR count). The fourth-order valence-electron chi connectivity index (χ4n) is 2.91. The van der Waals surface area contributed by atoms with E-state index in [0.717, 1.165) is 18.2 Å². The molecular weight excluding hydrogens is 524 g/mol. The van der Waals surface area contributed by atoms with Gasteiger partial charge in [0.25, 0.3) is 0 Å². The number of rotatable bonds is 6. The van der Waals surface area contributed by atoms with Crippen molar-refractivity contribution in [2.45, 2.75) is 30.9 Å². The van der Waals surface area contributed by atoms with E-state index in [1.165, 1.54) is 13.0 Å². The van der Waals surface area contributed by atoms with Crippen LogP contribution in [0.3, 0.4) is 0 Å². The van der Waals surface area contributed by atoms with E-state index < -0.39 is 82.7 Å². The monoisotopic (exact) mass is 541 g/mol. The first kappa shape index (κ1) is 27.5. The van der Waals surface area contributed by atoms with Crippen molar-refractivity contribution in [3.8, 4) is 0 Å². The number of hydrogen-bond donors (Lipinski definition) is 0. The van der Waals surface area contributed by atoms with Gasteiger partial charge in [-0.2, -0.15) is 47.5 Å². The lowest BCUT2D eigenvalue weighted by Crippen LogP contribution is -2.54. The Morgan fingerprint density at radius 3 is 2.15 bits per heavy atom. The molecule has 1 saturated heterocycles. The van der Waals surface area contributed by atoms with Crippen LogP contribution in [-0.4, -0.2) is 68.9 Å². The first-order chi connectivity index (χ1) is 15.5. The first-order valence-electron chi connectivity index (χ1n) is 9.21. The topological polar surface area (TPSA) is 121 Å². The molecule has 1 aromatic rings. The Labute approximate surface area is 189 Å². The average Bonchev–Trinajstić information content (AvgIpc) is 2.69. The van der Waals surface area contributed by atoms with Gasteiger partial charge in [-0.25, -0.2) is 13.9 Å². The minimum Gasteiger partial charge on any atom is -0.449 e. The van der Waals surface area contributed by atoms with Gasteiger partial charge in [-0.1, -0.05) is 18.2 Å². The van der Waals surface area contributed by atoms with Gasteiger partial charge in [0, 0.05) is 19.6 Å². The molecular formula is C16H17F6N3O7S2. The third-order valence-electron chi connectivity index (χ3n) is 4.39. The molecule has 192 valence electrons. The quantitative estimate of drug-likeness (QED) is 0.508. The molecule has 1 heterocycles. The number of halogens is 6. The molecule has 0 spiro atoms. The average molecular weight is 541 g/mol. The fourth-order valence-corrected chi connectivity index (χ4v) is 4.74. The summed E-state index contributed by atoms with van der Waals surface area (Å²) in [5, 5.41) is 0. The van der Waals surface area contributed by atoms with E-state index in [-0.39, 0.29) is 13.0 Å². The number of hydrogen-bond acceptors (Lipinski definition) is 7. The molecule has 0 radical (unpaired) electrons. The molecule has 18 heteroatoms. The highest BCUT2D eigenvalue weighted by molar-refractivity contribution is 7.94. The number of carbonyl (C=O) groups is 2. The van der Waals surface area contributed by atoms with Crippen LogP contribution in [0.5, 0.6) is 0 Å². The van der Waals surface area contributed by atoms with Gasteiger partial charge in [0.1, 0.15) is 0 Å². The predicted octanol–water partition coefficient (Wildman–Crippen LogP) is 2.98. The van der Waals surface area contributed by atoms with Crippen LogP contribution in [-0.2, 0) is 31.3 Å². The van der Waals surface area contributed by atoms with Gasteiger partial charge in [0.2, 0.25) is 0 Å². The highest BCUT2D eigenvalue weighted by Gasteiger charge is 2.55. The lowest BCUT2D eigenvalue weighted by molar-refractivity contribution is -0.0487. The molecule has 0 bridgehead atoms. The van der Waals surface area contributed by atoms with Crippen molar-refractivity contribution in [2.24, 2.45) is 0 Å². The van der Waals surface area contributed by atoms with Crippen molar-refractivity contribution in [3.05, 3.63) is 29.8 Å². The summed E-state index contributed by atoms with van der Waals surface area (Å²) in [7, 11) is -12.4. The molecule has 0 unspecified atom stereocenters. The Morgan fingerprint density at radius 1 is 1.03 bits per heavy atom. The van der Waals surface area contributed by atoms with Gasteiger partial charge in [0.15, 0.2) is 0 Å². The number of alkyl halides is 6. The van der Waals surface area contributed by atoms with Gasteiger partial charge in [-0.3, -0.25) is 0 Å². The number of anilines is 1. The van der Waals surface area contributed by atoms with Crippen LogP contribution in [0.25, 0.3) is 0 Å². The van der Waals surface area contributed by atoms with Gasteiger partial charge in [-0.15, -0.1) is 0 Å². The van der Waals surface area contributed by atoms with Crippen LogP contribution < -0.4 is 4.31 Å². The maximum atomic E-state index is 13.2. The van der Waals surface area contributed by atoms with Gasteiger partial charge in [0.05, 0.1) is 12.3 Å². The Kier molecular flexibility index (Phi) is 7.66. The van der Waals surface area contributed by atoms with Crippen LogP contribution in [0.2, 0.25) is 0 Å². The third-order valence-corrected chi connectivity index (χ3v) is 7.31. The summed E-state index contributed by atoms with van der Waals surface area (Å²) in [6, 6.07) is 2.43. The number of urea groups is 1. The number of benzene rings is 1. The molecule has 34 heavy (non-hydrogen) atoms. The van der Waals surface area contributed by atoms with Crippen molar-refractivity contribution in [1.82, 2.24) is 9.21 Å². The van der Waals surface area contributed by atoms with E-state index in [9.17, 15) is 52.8 Å². The molecule has 1 fully saturated rings. The maximum absolute atomic E-state index is 13.2. The molecule has 0 aliphatic carbocycles. The van der Waals surface area contributed by atoms with Gasteiger partial charge in [-0.05, 0) is 25.0 Å². The summed E-state index contributed by atoms with van der Waals surface area (Å²) in [4.78, 5) is 25.2. The Balaban J connectivity index is 2.52. The van der Waals surface area contributed by atoms with Crippen LogP contribution in [0, 0.1) is 0 Å². The molecule has 0 atom stereocenters. The van der Waals surface area contributed by atoms with Crippen molar-refractivity contribution in [2.75, 3.05) is 24.0 Å². The first-order valence-corrected chi connectivity index (χ1v) is 12.1. The maximum Gasteiger partial charge on any atom is 0.517 e.